The molecule has 0 radical (unpaired) electrons. The number of allylic oxidation sites excluding steroid dienone is 2. The monoisotopic (exact) mass is 470 g/mol. The van der Waals surface area contributed by atoms with Gasteiger partial charge >= 0.3 is 5.97 Å². The van der Waals surface area contributed by atoms with Crippen molar-refractivity contribution >= 4 is 5.97 Å². The second-order valence-electron chi connectivity index (χ2n) is 13.3. The van der Waals surface area contributed by atoms with Gasteiger partial charge in [-0.1, -0.05) is 59.8 Å². The van der Waals surface area contributed by atoms with Crippen LogP contribution in [0, 0.1) is 46.3 Å². The van der Waals surface area contributed by atoms with Crippen LogP contribution in [0.1, 0.15) is 93.4 Å². The van der Waals surface area contributed by atoms with E-state index in [1.54, 1.807) is 0 Å². The molecule has 10 atom stereocenters. The molecule has 4 fully saturated rings. The molecule has 2 bridgehead atoms. The minimum absolute atomic E-state index is 0.0221. The fourth-order valence-corrected chi connectivity index (χ4v) is 9.03. The summed E-state index contributed by atoms with van der Waals surface area (Å²) in [6, 6.07) is 0. The Kier molecular flexibility index (Phi) is 5.92. The summed E-state index contributed by atoms with van der Waals surface area (Å²) in [7, 11) is 0. The second-order valence-corrected chi connectivity index (χ2v) is 13.3. The van der Waals surface area contributed by atoms with Crippen LogP contribution in [0.25, 0.3) is 0 Å². The van der Waals surface area contributed by atoms with Crippen molar-refractivity contribution in [1.29, 1.82) is 0 Å². The minimum atomic E-state index is -0.480. The molecule has 4 aliphatic carbocycles. The third kappa shape index (κ3) is 3.34. The molecule has 2 heterocycles. The summed E-state index contributed by atoms with van der Waals surface area (Å²) < 4.78 is 5.63. The summed E-state index contributed by atoms with van der Waals surface area (Å²) in [5.74, 6) is 3.30. The first-order valence-electron chi connectivity index (χ1n) is 13.9. The molecule has 4 nitrogen and oxygen atoms in total. The summed E-state index contributed by atoms with van der Waals surface area (Å²) in [5.41, 5.74) is -0.514. The number of fused-ring (bicyclic) bond motifs is 2. The van der Waals surface area contributed by atoms with E-state index in [0.717, 1.165) is 12.8 Å². The van der Waals surface area contributed by atoms with E-state index in [2.05, 4.69) is 65.8 Å². The highest BCUT2D eigenvalue weighted by Crippen LogP contribution is 2.72. The van der Waals surface area contributed by atoms with Crippen LogP contribution >= 0.6 is 0 Å². The maximum Gasteiger partial charge on any atom is 0.302 e. The molecule has 6 aliphatic rings. The predicted molar refractivity (Wildman–Crippen MR) is 134 cm³/mol. The molecule has 2 spiro atoms. The van der Waals surface area contributed by atoms with Crippen LogP contribution in [0.2, 0.25) is 0 Å². The number of carbonyl (C=O) groups is 1. The van der Waals surface area contributed by atoms with Gasteiger partial charge < -0.3 is 4.74 Å². The quantitative estimate of drug-likeness (QED) is 0.245. The predicted octanol–water partition coefficient (Wildman–Crippen LogP) is 7.04. The van der Waals surface area contributed by atoms with Gasteiger partial charge in [0.05, 0.1) is 0 Å². The summed E-state index contributed by atoms with van der Waals surface area (Å²) in [6.45, 7) is 15.9. The first-order valence-corrected chi connectivity index (χ1v) is 13.9. The first kappa shape index (κ1) is 24.6. The van der Waals surface area contributed by atoms with E-state index in [4.69, 9.17) is 14.5 Å². The summed E-state index contributed by atoms with van der Waals surface area (Å²) in [6.07, 6.45) is 17.1. The fraction of sp³-hybridized carbons (Fsp3) is 0.833. The Morgan fingerprint density at radius 2 is 1.74 bits per heavy atom. The maximum absolute atomic E-state index is 11.6. The molecule has 3 saturated carbocycles. The van der Waals surface area contributed by atoms with Crippen LogP contribution in [-0.4, -0.2) is 23.3 Å². The zero-order chi connectivity index (χ0) is 24.5. The summed E-state index contributed by atoms with van der Waals surface area (Å²) >= 11 is 0. The van der Waals surface area contributed by atoms with Gasteiger partial charge in [0, 0.05) is 30.6 Å². The van der Waals surface area contributed by atoms with E-state index in [9.17, 15) is 4.79 Å². The van der Waals surface area contributed by atoms with Crippen LogP contribution in [-0.2, 0) is 19.3 Å². The molecule has 0 amide bonds. The molecule has 1 saturated heterocycles. The molecule has 4 heteroatoms. The molecule has 6 rings (SSSR count). The Labute approximate surface area is 206 Å². The molecule has 0 aromatic heterocycles. The molecule has 2 aliphatic heterocycles. The number of rotatable bonds is 5. The first-order chi connectivity index (χ1) is 16.0. The second kappa shape index (κ2) is 8.20. The number of hydrogen-bond acceptors (Lipinski definition) is 4. The van der Waals surface area contributed by atoms with Gasteiger partial charge in [-0.25, -0.2) is 9.78 Å². The SMILES string of the molecule is CC(=O)O[C@H]1CC[C@]2(C)[C@H]3CC[C@]4(C)[C@@H]([C@H](C)C=C[C@H](C)C(C)C)CC[C@H]4[C@@]34C=C[C@]2(C1)OO4. The van der Waals surface area contributed by atoms with Gasteiger partial charge in [-0.15, -0.1) is 0 Å². The Morgan fingerprint density at radius 1 is 0.971 bits per heavy atom. The van der Waals surface area contributed by atoms with E-state index in [-0.39, 0.29) is 28.5 Å². The largest absolute Gasteiger partial charge is 0.462 e. The lowest BCUT2D eigenvalue weighted by Gasteiger charge is -2.69. The van der Waals surface area contributed by atoms with E-state index in [1.165, 1.54) is 32.6 Å². The number of hydrogen-bond donors (Lipinski definition) is 0. The van der Waals surface area contributed by atoms with Crippen molar-refractivity contribution in [1.82, 2.24) is 0 Å². The van der Waals surface area contributed by atoms with Crippen molar-refractivity contribution in [3.05, 3.63) is 24.3 Å². The lowest BCUT2D eigenvalue weighted by Crippen LogP contribution is -2.73. The van der Waals surface area contributed by atoms with Crippen molar-refractivity contribution < 1.29 is 19.3 Å². The van der Waals surface area contributed by atoms with Crippen molar-refractivity contribution in [2.75, 3.05) is 0 Å². The molecule has 0 aromatic rings. The summed E-state index contributed by atoms with van der Waals surface area (Å²) in [4.78, 5) is 24.6. The molecule has 190 valence electrons. The maximum atomic E-state index is 11.6. The van der Waals surface area contributed by atoms with Crippen LogP contribution in [0.4, 0.5) is 0 Å². The van der Waals surface area contributed by atoms with Crippen LogP contribution in [0.15, 0.2) is 24.3 Å². The van der Waals surface area contributed by atoms with Crippen molar-refractivity contribution in [3.63, 3.8) is 0 Å². The highest BCUT2D eigenvalue weighted by Gasteiger charge is 2.74. The molecular weight excluding hydrogens is 424 g/mol. The van der Waals surface area contributed by atoms with Gasteiger partial charge in [0.2, 0.25) is 0 Å². The Bertz CT molecular complexity index is 877. The number of ether oxygens (including phenoxy) is 1. The third-order valence-electron chi connectivity index (χ3n) is 11.4. The molecule has 0 aromatic carbocycles. The molecule has 0 N–H and O–H groups in total. The van der Waals surface area contributed by atoms with Crippen molar-refractivity contribution in [3.8, 4) is 0 Å². The van der Waals surface area contributed by atoms with Crippen molar-refractivity contribution in [2.24, 2.45) is 46.3 Å². The fourth-order valence-electron chi connectivity index (χ4n) is 9.03. The minimum Gasteiger partial charge on any atom is -0.462 e. The van der Waals surface area contributed by atoms with Gasteiger partial charge in [0.1, 0.15) is 17.3 Å². The van der Waals surface area contributed by atoms with Crippen LogP contribution < -0.4 is 0 Å². The highest BCUT2D eigenvalue weighted by molar-refractivity contribution is 5.66. The van der Waals surface area contributed by atoms with Gasteiger partial charge in [-0.05, 0) is 73.7 Å². The van der Waals surface area contributed by atoms with Gasteiger partial charge in [0.25, 0.3) is 0 Å². The number of carbonyl (C=O) groups excluding carboxylic acids is 1. The zero-order valence-corrected chi connectivity index (χ0v) is 22.4. The number of esters is 1. The average Bonchev–Trinajstić information content (AvgIpc) is 3.14. The average molecular weight is 471 g/mol. The Morgan fingerprint density at radius 3 is 2.38 bits per heavy atom. The lowest BCUT2D eigenvalue weighted by atomic mass is 9.42. The molecule has 34 heavy (non-hydrogen) atoms. The Balaban J connectivity index is 1.42. The van der Waals surface area contributed by atoms with Gasteiger partial charge in [0.15, 0.2) is 0 Å². The van der Waals surface area contributed by atoms with Gasteiger partial charge in [-0.2, -0.15) is 0 Å². The third-order valence-corrected chi connectivity index (χ3v) is 11.4. The molecule has 0 unspecified atom stereocenters. The van der Waals surface area contributed by atoms with Gasteiger partial charge in [-0.3, -0.25) is 4.79 Å². The van der Waals surface area contributed by atoms with E-state index >= 15 is 0 Å². The molecular formula is C30H46O4. The van der Waals surface area contributed by atoms with E-state index < -0.39 is 5.60 Å². The van der Waals surface area contributed by atoms with E-state index in [0.29, 0.717) is 41.9 Å². The Hall–Kier alpha value is -1.13. The van der Waals surface area contributed by atoms with E-state index in [1.807, 2.05) is 0 Å². The highest BCUT2D eigenvalue weighted by atomic mass is 17.2. The summed E-state index contributed by atoms with van der Waals surface area (Å²) in [5, 5.41) is 0. The smallest absolute Gasteiger partial charge is 0.302 e. The van der Waals surface area contributed by atoms with Crippen LogP contribution in [0.5, 0.6) is 0 Å². The van der Waals surface area contributed by atoms with Crippen LogP contribution in [0.3, 0.4) is 0 Å². The normalized spacial score (nSPS) is 48.9. The van der Waals surface area contributed by atoms with Crippen molar-refractivity contribution in [2.45, 2.75) is 111 Å². The zero-order valence-electron chi connectivity index (χ0n) is 22.4. The topological polar surface area (TPSA) is 44.8 Å². The standard InChI is InChI=1S/C30H46O4/c1-19(2)20(3)8-9-21(4)24-10-11-25-27(24,6)14-13-26-28(7)15-12-23(32-22(5)31)18-29(28)16-17-30(25,26)34-33-29/h8-9,16-17,19-21,23-26H,10-15,18H2,1-7H3/t20-,21+,23-,24+,25+,26+,27+,28+,29+,30-/m0/s1. The lowest BCUT2D eigenvalue weighted by molar-refractivity contribution is -0.497.